The minimum Gasteiger partial charge on any atom is -0.300 e. The lowest BCUT2D eigenvalue weighted by atomic mass is 10.0. The fraction of sp³-hybridized carbons (Fsp3) is 0.625. The molecule has 0 saturated heterocycles. The molecule has 1 saturated carbocycles. The summed E-state index contributed by atoms with van der Waals surface area (Å²) in [4.78, 5) is 18.6. The minimum absolute atomic E-state index is 0.00662. The molecular formula is C16H23FN2O. The largest absolute Gasteiger partial charge is 0.300 e. The van der Waals surface area contributed by atoms with Crippen molar-refractivity contribution in [1.29, 1.82) is 0 Å². The van der Waals surface area contributed by atoms with Gasteiger partial charge in [0.05, 0.1) is 6.20 Å². The fourth-order valence-corrected chi connectivity index (χ4v) is 2.43. The highest BCUT2D eigenvalue weighted by Gasteiger charge is 2.30. The topological polar surface area (TPSA) is 33.2 Å². The van der Waals surface area contributed by atoms with Crippen molar-refractivity contribution in [2.24, 2.45) is 5.92 Å². The van der Waals surface area contributed by atoms with E-state index in [2.05, 4.69) is 16.8 Å². The molecular weight excluding hydrogens is 255 g/mol. The lowest BCUT2D eigenvalue weighted by Gasteiger charge is -2.24. The van der Waals surface area contributed by atoms with Crippen molar-refractivity contribution in [1.82, 2.24) is 9.88 Å². The van der Waals surface area contributed by atoms with Crippen molar-refractivity contribution in [3.05, 3.63) is 29.8 Å². The molecule has 1 unspecified atom stereocenters. The molecule has 1 aliphatic carbocycles. The van der Waals surface area contributed by atoms with E-state index in [1.54, 1.807) is 0 Å². The van der Waals surface area contributed by atoms with Gasteiger partial charge in [-0.15, -0.1) is 0 Å². The molecule has 0 bridgehead atoms. The van der Waals surface area contributed by atoms with Crippen LogP contribution in [0, 0.1) is 11.7 Å². The van der Waals surface area contributed by atoms with Gasteiger partial charge in [0.2, 0.25) is 0 Å². The lowest BCUT2D eigenvalue weighted by Crippen LogP contribution is -2.34. The molecule has 0 amide bonds. The predicted octanol–water partition coefficient (Wildman–Crippen LogP) is 3.30. The third-order valence-electron chi connectivity index (χ3n) is 3.80. The van der Waals surface area contributed by atoms with Crippen LogP contribution >= 0.6 is 0 Å². The summed E-state index contributed by atoms with van der Waals surface area (Å²) < 4.78 is 12.8. The number of rotatable bonds is 8. The van der Waals surface area contributed by atoms with Crippen LogP contribution in [0.2, 0.25) is 0 Å². The number of ketones is 1. The Kier molecular flexibility index (Phi) is 5.24. The maximum absolute atomic E-state index is 12.8. The second kappa shape index (κ2) is 6.93. The summed E-state index contributed by atoms with van der Waals surface area (Å²) in [6, 6.07) is 3.43. The third-order valence-corrected chi connectivity index (χ3v) is 3.80. The van der Waals surface area contributed by atoms with Gasteiger partial charge in [0.1, 0.15) is 11.5 Å². The Hall–Kier alpha value is -1.29. The molecule has 1 aromatic heterocycles. The Balaban J connectivity index is 1.93. The summed E-state index contributed by atoms with van der Waals surface area (Å²) >= 11 is 0. The van der Waals surface area contributed by atoms with Crippen LogP contribution in [0.5, 0.6) is 0 Å². The number of aromatic nitrogens is 1. The van der Waals surface area contributed by atoms with Gasteiger partial charge in [-0.1, -0.05) is 20.3 Å². The summed E-state index contributed by atoms with van der Waals surface area (Å²) in [6.07, 6.45) is 5.95. The Bertz CT molecular complexity index is 442. The highest BCUT2D eigenvalue weighted by atomic mass is 19.1. The monoisotopic (exact) mass is 278 g/mol. The summed E-state index contributed by atoms with van der Waals surface area (Å²) in [5.41, 5.74) is 0.366. The van der Waals surface area contributed by atoms with Crippen LogP contribution in [0.3, 0.4) is 0 Å². The van der Waals surface area contributed by atoms with Crippen molar-refractivity contribution < 1.29 is 9.18 Å². The zero-order valence-electron chi connectivity index (χ0n) is 12.3. The first kappa shape index (κ1) is 15.1. The van der Waals surface area contributed by atoms with Crippen LogP contribution in [-0.4, -0.2) is 34.8 Å². The molecule has 110 valence electrons. The maximum atomic E-state index is 12.8. The van der Waals surface area contributed by atoms with E-state index in [0.717, 1.165) is 19.3 Å². The molecule has 0 aromatic carbocycles. The first-order chi connectivity index (χ1) is 9.61. The van der Waals surface area contributed by atoms with Crippen molar-refractivity contribution in [3.8, 4) is 0 Å². The summed E-state index contributed by atoms with van der Waals surface area (Å²) in [5, 5.41) is 0. The number of carbonyl (C=O) groups is 1. The summed E-state index contributed by atoms with van der Waals surface area (Å²) in [5.74, 6) is -0.491. The van der Waals surface area contributed by atoms with Crippen LogP contribution in [-0.2, 0) is 0 Å². The Morgan fingerprint density at radius 3 is 2.80 bits per heavy atom. The van der Waals surface area contributed by atoms with Crippen LogP contribution in [0.4, 0.5) is 4.39 Å². The molecule has 1 aromatic rings. The first-order valence-electron chi connectivity index (χ1n) is 7.51. The van der Waals surface area contributed by atoms with Crippen molar-refractivity contribution in [2.45, 2.75) is 45.6 Å². The van der Waals surface area contributed by atoms with Gasteiger partial charge in [-0.05, 0) is 37.9 Å². The lowest BCUT2D eigenvalue weighted by molar-refractivity contribution is 0.0884. The van der Waals surface area contributed by atoms with E-state index in [4.69, 9.17) is 0 Å². The van der Waals surface area contributed by atoms with Gasteiger partial charge in [-0.3, -0.25) is 14.7 Å². The smallest absolute Gasteiger partial charge is 0.185 e. The minimum atomic E-state index is -0.406. The highest BCUT2D eigenvalue weighted by molar-refractivity contribution is 5.95. The van der Waals surface area contributed by atoms with E-state index < -0.39 is 5.82 Å². The summed E-state index contributed by atoms with van der Waals surface area (Å²) in [6.45, 7) is 5.97. The Morgan fingerprint density at radius 2 is 2.25 bits per heavy atom. The van der Waals surface area contributed by atoms with Crippen LogP contribution in [0.25, 0.3) is 0 Å². The number of hydrogen-bond acceptors (Lipinski definition) is 3. The number of hydrogen-bond donors (Lipinski definition) is 0. The molecule has 1 fully saturated rings. The average Bonchev–Trinajstić information content (AvgIpc) is 3.27. The molecule has 4 heteroatoms. The zero-order chi connectivity index (χ0) is 14.5. The maximum Gasteiger partial charge on any atom is 0.185 e. The van der Waals surface area contributed by atoms with Gasteiger partial charge < -0.3 is 0 Å². The van der Waals surface area contributed by atoms with Crippen LogP contribution in [0.15, 0.2) is 18.3 Å². The molecule has 0 radical (unpaired) electrons. The molecule has 0 aliphatic heterocycles. The van der Waals surface area contributed by atoms with Crippen molar-refractivity contribution in [3.63, 3.8) is 0 Å². The van der Waals surface area contributed by atoms with Crippen molar-refractivity contribution >= 4 is 5.78 Å². The molecule has 1 aliphatic rings. The highest BCUT2D eigenvalue weighted by Crippen LogP contribution is 2.28. The Labute approximate surface area is 120 Å². The van der Waals surface area contributed by atoms with E-state index in [1.807, 2.05) is 6.92 Å². The SMILES string of the molecule is CCCCN(CC(C)C(=O)c1ccc(F)cn1)C1CC1. The zero-order valence-corrected chi connectivity index (χ0v) is 12.3. The normalized spacial score (nSPS) is 16.4. The van der Waals surface area contributed by atoms with Gasteiger partial charge in [0, 0.05) is 18.5 Å². The van der Waals surface area contributed by atoms with E-state index in [-0.39, 0.29) is 11.7 Å². The second-order valence-corrected chi connectivity index (χ2v) is 5.71. The van der Waals surface area contributed by atoms with E-state index >= 15 is 0 Å². The molecule has 1 atom stereocenters. The van der Waals surface area contributed by atoms with E-state index in [9.17, 15) is 9.18 Å². The van der Waals surface area contributed by atoms with Crippen LogP contribution < -0.4 is 0 Å². The van der Waals surface area contributed by atoms with Crippen molar-refractivity contribution in [2.75, 3.05) is 13.1 Å². The number of carbonyl (C=O) groups excluding carboxylic acids is 1. The van der Waals surface area contributed by atoms with Gasteiger partial charge in [0.25, 0.3) is 0 Å². The number of pyridine rings is 1. The first-order valence-corrected chi connectivity index (χ1v) is 7.51. The molecule has 0 spiro atoms. The quantitative estimate of drug-likeness (QED) is 0.684. The standard InChI is InChI=1S/C16H23FN2O/c1-3-4-9-19(14-6-7-14)11-12(2)16(20)15-8-5-13(17)10-18-15/h5,8,10,12,14H,3-4,6-7,9,11H2,1-2H3. The molecule has 3 nitrogen and oxygen atoms in total. The number of Topliss-reactive ketones (excluding diaryl/α,β-unsaturated/α-hetero) is 1. The number of nitrogens with zero attached hydrogens (tertiary/aromatic N) is 2. The number of halogens is 1. The molecule has 0 N–H and O–H groups in total. The Morgan fingerprint density at radius 1 is 1.50 bits per heavy atom. The van der Waals surface area contributed by atoms with Gasteiger partial charge in [-0.2, -0.15) is 0 Å². The predicted molar refractivity (Wildman–Crippen MR) is 77.2 cm³/mol. The van der Waals surface area contributed by atoms with E-state index in [0.29, 0.717) is 11.7 Å². The average molecular weight is 278 g/mol. The number of unbranched alkanes of at least 4 members (excludes halogenated alkanes) is 1. The fourth-order valence-electron chi connectivity index (χ4n) is 2.43. The van der Waals surface area contributed by atoms with Gasteiger partial charge in [-0.25, -0.2) is 4.39 Å². The van der Waals surface area contributed by atoms with Gasteiger partial charge >= 0.3 is 0 Å². The van der Waals surface area contributed by atoms with E-state index in [1.165, 1.54) is 37.8 Å². The van der Waals surface area contributed by atoms with Gasteiger partial charge in [0.15, 0.2) is 5.78 Å². The molecule has 1 heterocycles. The molecule has 2 rings (SSSR count). The second-order valence-electron chi connectivity index (χ2n) is 5.71. The van der Waals surface area contributed by atoms with Crippen LogP contribution in [0.1, 0.15) is 50.0 Å². The third kappa shape index (κ3) is 4.10. The summed E-state index contributed by atoms with van der Waals surface area (Å²) in [7, 11) is 0. The molecule has 20 heavy (non-hydrogen) atoms.